The fraction of sp³-hybridized carbons (Fsp3) is 0.391. The van der Waals surface area contributed by atoms with Gasteiger partial charge in [-0.1, -0.05) is 26.0 Å². The number of ether oxygens (including phenoxy) is 1. The number of nitrogens with one attached hydrogen (secondary N) is 2. The Bertz CT molecular complexity index is 860. The van der Waals surface area contributed by atoms with Crippen molar-refractivity contribution >= 4 is 23.2 Å². The quantitative estimate of drug-likeness (QED) is 0.673. The Morgan fingerprint density at radius 1 is 0.931 bits per heavy atom. The molecule has 0 saturated heterocycles. The van der Waals surface area contributed by atoms with Gasteiger partial charge in [0.1, 0.15) is 5.75 Å². The molecular weight excluding hydrogens is 366 g/mol. The maximum Gasteiger partial charge on any atom is 0.262 e. The molecule has 156 valence electrons. The van der Waals surface area contributed by atoms with E-state index in [-0.39, 0.29) is 18.4 Å². The maximum atomic E-state index is 12.2. The van der Waals surface area contributed by atoms with Crippen LogP contribution in [0.5, 0.6) is 5.75 Å². The van der Waals surface area contributed by atoms with Crippen LogP contribution in [0.25, 0.3) is 0 Å². The number of nitrogens with zero attached hydrogens (tertiary/aromatic N) is 1. The molecule has 0 bridgehead atoms. The predicted octanol–water partition coefficient (Wildman–Crippen LogP) is 3.91. The standard InChI is InChI=1S/C23H31N3O3/c1-6-26(7-2)14-22(27)25-20-12-11-19(13-17(20)4)24-23(28)15-29-21-10-8-9-16(3)18(21)5/h8-13H,6-7,14-15H2,1-5H3,(H,24,28)(H,25,27). The SMILES string of the molecule is CCN(CC)CC(=O)Nc1ccc(NC(=O)COc2cccc(C)c2C)cc1C. The summed E-state index contributed by atoms with van der Waals surface area (Å²) in [6, 6.07) is 11.2. The fourth-order valence-electron chi connectivity index (χ4n) is 2.94. The Labute approximate surface area is 173 Å². The van der Waals surface area contributed by atoms with E-state index in [4.69, 9.17) is 4.74 Å². The van der Waals surface area contributed by atoms with Gasteiger partial charge >= 0.3 is 0 Å². The highest BCUT2D eigenvalue weighted by atomic mass is 16.5. The van der Waals surface area contributed by atoms with Crippen molar-refractivity contribution in [1.82, 2.24) is 4.90 Å². The molecule has 0 aliphatic rings. The minimum atomic E-state index is -0.233. The lowest BCUT2D eigenvalue weighted by atomic mass is 10.1. The lowest BCUT2D eigenvalue weighted by molar-refractivity contribution is -0.118. The van der Waals surface area contributed by atoms with Crippen LogP contribution in [0.4, 0.5) is 11.4 Å². The molecule has 0 atom stereocenters. The molecule has 0 fully saturated rings. The van der Waals surface area contributed by atoms with E-state index >= 15 is 0 Å². The van der Waals surface area contributed by atoms with Crippen molar-refractivity contribution in [2.75, 3.05) is 36.9 Å². The molecule has 0 spiro atoms. The number of hydrogen-bond acceptors (Lipinski definition) is 4. The zero-order valence-corrected chi connectivity index (χ0v) is 18.0. The second kappa shape index (κ2) is 10.6. The minimum absolute atomic E-state index is 0.0458. The van der Waals surface area contributed by atoms with Gasteiger partial charge in [0.05, 0.1) is 6.54 Å². The number of rotatable bonds is 9. The van der Waals surface area contributed by atoms with Gasteiger partial charge < -0.3 is 15.4 Å². The van der Waals surface area contributed by atoms with E-state index < -0.39 is 0 Å². The van der Waals surface area contributed by atoms with Gasteiger partial charge in [-0.3, -0.25) is 14.5 Å². The Hall–Kier alpha value is -2.86. The normalized spacial score (nSPS) is 10.7. The molecule has 2 rings (SSSR count). The van der Waals surface area contributed by atoms with Crippen molar-refractivity contribution in [3.63, 3.8) is 0 Å². The van der Waals surface area contributed by atoms with Gasteiger partial charge in [0.25, 0.3) is 5.91 Å². The minimum Gasteiger partial charge on any atom is -0.483 e. The van der Waals surface area contributed by atoms with Gasteiger partial charge in [0.15, 0.2) is 6.61 Å². The number of carbonyl (C=O) groups excluding carboxylic acids is 2. The van der Waals surface area contributed by atoms with Crippen LogP contribution in [0.3, 0.4) is 0 Å². The first-order valence-electron chi connectivity index (χ1n) is 9.95. The van der Waals surface area contributed by atoms with E-state index in [0.717, 1.165) is 35.5 Å². The van der Waals surface area contributed by atoms with Gasteiger partial charge in [0.2, 0.25) is 5.91 Å². The molecule has 2 aromatic carbocycles. The second-order valence-electron chi connectivity index (χ2n) is 7.07. The molecule has 6 nitrogen and oxygen atoms in total. The van der Waals surface area contributed by atoms with E-state index in [9.17, 15) is 9.59 Å². The van der Waals surface area contributed by atoms with E-state index in [0.29, 0.717) is 18.0 Å². The number of amides is 2. The average molecular weight is 398 g/mol. The first-order chi connectivity index (χ1) is 13.8. The number of benzene rings is 2. The van der Waals surface area contributed by atoms with Crippen LogP contribution in [-0.4, -0.2) is 43.0 Å². The summed E-state index contributed by atoms with van der Waals surface area (Å²) >= 11 is 0. The van der Waals surface area contributed by atoms with Gasteiger partial charge in [0, 0.05) is 11.4 Å². The van der Waals surface area contributed by atoms with Crippen molar-refractivity contribution in [2.45, 2.75) is 34.6 Å². The number of carbonyl (C=O) groups is 2. The first-order valence-corrected chi connectivity index (χ1v) is 9.95. The first kappa shape index (κ1) is 22.4. The molecule has 0 aromatic heterocycles. The van der Waals surface area contributed by atoms with Crippen molar-refractivity contribution in [3.05, 3.63) is 53.1 Å². The van der Waals surface area contributed by atoms with E-state index in [1.54, 1.807) is 12.1 Å². The lowest BCUT2D eigenvalue weighted by Gasteiger charge is -2.18. The van der Waals surface area contributed by atoms with Crippen molar-refractivity contribution in [3.8, 4) is 5.75 Å². The van der Waals surface area contributed by atoms with Crippen LogP contribution in [-0.2, 0) is 9.59 Å². The van der Waals surface area contributed by atoms with Crippen molar-refractivity contribution < 1.29 is 14.3 Å². The topological polar surface area (TPSA) is 70.7 Å². The second-order valence-corrected chi connectivity index (χ2v) is 7.07. The molecule has 2 amide bonds. The number of anilines is 2. The van der Waals surface area contributed by atoms with Crippen molar-refractivity contribution in [1.29, 1.82) is 0 Å². The summed E-state index contributed by atoms with van der Waals surface area (Å²) in [7, 11) is 0. The summed E-state index contributed by atoms with van der Waals surface area (Å²) in [5, 5.41) is 5.76. The molecule has 2 aromatic rings. The Morgan fingerprint density at radius 2 is 1.66 bits per heavy atom. The zero-order chi connectivity index (χ0) is 21.4. The Balaban J connectivity index is 1.91. The van der Waals surface area contributed by atoms with E-state index in [1.807, 2.05) is 58.9 Å². The number of likely N-dealkylation sites (N-methyl/N-ethyl adjacent to an activating group) is 1. The van der Waals surface area contributed by atoms with E-state index in [2.05, 4.69) is 15.5 Å². The maximum absolute atomic E-state index is 12.2. The summed E-state index contributed by atoms with van der Waals surface area (Å²) in [6.07, 6.45) is 0. The molecule has 0 aliphatic heterocycles. The molecule has 0 heterocycles. The smallest absolute Gasteiger partial charge is 0.262 e. The van der Waals surface area contributed by atoms with Gasteiger partial charge in [-0.15, -0.1) is 0 Å². The van der Waals surface area contributed by atoms with Crippen LogP contribution < -0.4 is 15.4 Å². The van der Waals surface area contributed by atoms with Crippen LogP contribution >= 0.6 is 0 Å². The number of hydrogen-bond donors (Lipinski definition) is 2. The summed E-state index contributed by atoms with van der Waals surface area (Å²) in [5.41, 5.74) is 4.44. The summed E-state index contributed by atoms with van der Waals surface area (Å²) in [4.78, 5) is 26.5. The number of aryl methyl sites for hydroxylation is 2. The van der Waals surface area contributed by atoms with Crippen LogP contribution in [0, 0.1) is 20.8 Å². The summed E-state index contributed by atoms with van der Waals surface area (Å²) < 4.78 is 5.64. The van der Waals surface area contributed by atoms with Crippen LogP contribution in [0.15, 0.2) is 36.4 Å². The molecular formula is C23H31N3O3. The Kier molecular flexibility index (Phi) is 8.21. The molecule has 0 radical (unpaired) electrons. The van der Waals surface area contributed by atoms with Crippen LogP contribution in [0.1, 0.15) is 30.5 Å². The highest BCUT2D eigenvalue weighted by Crippen LogP contribution is 2.21. The predicted molar refractivity (Wildman–Crippen MR) is 118 cm³/mol. The molecule has 0 unspecified atom stereocenters. The third-order valence-corrected chi connectivity index (χ3v) is 4.96. The Morgan fingerprint density at radius 3 is 2.31 bits per heavy atom. The molecule has 29 heavy (non-hydrogen) atoms. The third-order valence-electron chi connectivity index (χ3n) is 4.96. The highest BCUT2D eigenvalue weighted by molar-refractivity contribution is 5.95. The molecule has 2 N–H and O–H groups in total. The molecule has 0 aliphatic carbocycles. The highest BCUT2D eigenvalue weighted by Gasteiger charge is 2.11. The van der Waals surface area contributed by atoms with Crippen molar-refractivity contribution in [2.24, 2.45) is 0 Å². The van der Waals surface area contributed by atoms with Gasteiger partial charge in [-0.2, -0.15) is 0 Å². The van der Waals surface area contributed by atoms with Crippen LogP contribution in [0.2, 0.25) is 0 Å². The molecule has 0 saturated carbocycles. The van der Waals surface area contributed by atoms with E-state index in [1.165, 1.54) is 0 Å². The largest absolute Gasteiger partial charge is 0.483 e. The fourth-order valence-corrected chi connectivity index (χ4v) is 2.94. The molecule has 6 heteroatoms. The summed E-state index contributed by atoms with van der Waals surface area (Å²) in [6.45, 7) is 11.9. The van der Waals surface area contributed by atoms with Gasteiger partial charge in [-0.05, 0) is 74.8 Å². The monoisotopic (exact) mass is 397 g/mol. The van der Waals surface area contributed by atoms with Gasteiger partial charge in [-0.25, -0.2) is 0 Å². The lowest BCUT2D eigenvalue weighted by Crippen LogP contribution is -2.33. The average Bonchev–Trinajstić information content (AvgIpc) is 2.69. The summed E-state index contributed by atoms with van der Waals surface area (Å²) in [5.74, 6) is 0.432. The third kappa shape index (κ3) is 6.61. The zero-order valence-electron chi connectivity index (χ0n) is 18.0.